The van der Waals surface area contributed by atoms with E-state index < -0.39 is 0 Å². The van der Waals surface area contributed by atoms with Gasteiger partial charge in [-0.2, -0.15) is 0 Å². The van der Waals surface area contributed by atoms with Crippen LogP contribution in [0.3, 0.4) is 0 Å². The van der Waals surface area contributed by atoms with Crippen LogP contribution in [0.2, 0.25) is 0 Å². The van der Waals surface area contributed by atoms with Gasteiger partial charge in [-0.1, -0.05) is 32.9 Å². The first-order valence-corrected chi connectivity index (χ1v) is 8.48. The van der Waals surface area contributed by atoms with Crippen LogP contribution >= 0.6 is 11.3 Å². The molecule has 0 saturated heterocycles. The second-order valence-corrected chi connectivity index (χ2v) is 6.66. The van der Waals surface area contributed by atoms with Crippen LogP contribution in [0, 0.1) is 5.92 Å². The number of pyridine rings is 1. The Balaban J connectivity index is 2.38. The van der Waals surface area contributed by atoms with Gasteiger partial charge in [0.1, 0.15) is 0 Å². The van der Waals surface area contributed by atoms with Crippen LogP contribution in [0.1, 0.15) is 32.8 Å². The number of aromatic nitrogens is 1. The summed E-state index contributed by atoms with van der Waals surface area (Å²) >= 11 is 1.68. The van der Waals surface area contributed by atoms with Crippen LogP contribution in [0.25, 0.3) is 10.6 Å². The van der Waals surface area contributed by atoms with E-state index >= 15 is 0 Å². The Labute approximate surface area is 130 Å². The number of hydrogen-bond acceptors (Lipinski definition) is 3. The second-order valence-electron chi connectivity index (χ2n) is 5.71. The van der Waals surface area contributed by atoms with Gasteiger partial charge in [-0.05, 0) is 36.4 Å². The summed E-state index contributed by atoms with van der Waals surface area (Å²) < 4.78 is 1.93. The Morgan fingerprint density at radius 2 is 2.10 bits per heavy atom. The molecule has 4 heteroatoms. The van der Waals surface area contributed by atoms with E-state index in [1.54, 1.807) is 11.3 Å². The van der Waals surface area contributed by atoms with Crippen molar-refractivity contribution in [2.45, 2.75) is 40.3 Å². The lowest BCUT2D eigenvalue weighted by Crippen LogP contribution is -2.29. The molecule has 0 bridgehead atoms. The van der Waals surface area contributed by atoms with Crippen LogP contribution < -0.4 is 10.9 Å². The number of nitrogens with one attached hydrogen (secondary N) is 1. The molecule has 2 heterocycles. The van der Waals surface area contributed by atoms with Crippen molar-refractivity contribution < 1.29 is 0 Å². The summed E-state index contributed by atoms with van der Waals surface area (Å²) in [7, 11) is 0. The molecule has 0 radical (unpaired) electrons. The molecule has 2 aromatic heterocycles. The monoisotopic (exact) mass is 304 g/mol. The fourth-order valence-electron chi connectivity index (χ4n) is 2.34. The number of thiophene rings is 1. The van der Waals surface area contributed by atoms with Gasteiger partial charge < -0.3 is 9.88 Å². The summed E-state index contributed by atoms with van der Waals surface area (Å²) in [6, 6.07) is 8.15. The zero-order chi connectivity index (χ0) is 15.2. The van der Waals surface area contributed by atoms with Crippen molar-refractivity contribution in [1.29, 1.82) is 0 Å². The zero-order valence-corrected chi connectivity index (χ0v) is 13.9. The summed E-state index contributed by atoms with van der Waals surface area (Å²) in [5.41, 5.74) is 2.02. The van der Waals surface area contributed by atoms with E-state index in [1.807, 2.05) is 16.7 Å². The van der Waals surface area contributed by atoms with E-state index in [0.29, 0.717) is 12.5 Å². The molecule has 0 amide bonds. The third-order valence-corrected chi connectivity index (χ3v) is 4.21. The first-order valence-electron chi connectivity index (χ1n) is 7.60. The molecule has 1 N–H and O–H groups in total. The average molecular weight is 304 g/mol. The maximum absolute atomic E-state index is 12.7. The molecule has 21 heavy (non-hydrogen) atoms. The highest BCUT2D eigenvalue weighted by atomic mass is 32.1. The van der Waals surface area contributed by atoms with Crippen molar-refractivity contribution >= 4 is 11.3 Å². The molecule has 0 saturated carbocycles. The predicted octanol–water partition coefficient (Wildman–Crippen LogP) is 3.73. The van der Waals surface area contributed by atoms with Crippen LogP contribution in [0.5, 0.6) is 0 Å². The van der Waals surface area contributed by atoms with Gasteiger partial charge in [0.25, 0.3) is 5.56 Å². The quantitative estimate of drug-likeness (QED) is 0.791. The lowest BCUT2D eigenvalue weighted by molar-refractivity contribution is 0.511. The standard InChI is InChI=1S/C17H24N2OS/c1-4-9-18-11-14-7-8-15(16-6-5-10-21-16)19(17(14)20)12-13(2)3/h5-8,10,13,18H,4,9,11-12H2,1-3H3. The molecule has 0 aromatic carbocycles. The summed E-state index contributed by atoms with van der Waals surface area (Å²) in [6.07, 6.45) is 1.08. The van der Waals surface area contributed by atoms with E-state index in [4.69, 9.17) is 0 Å². The second kappa shape index (κ2) is 7.57. The molecule has 0 unspecified atom stereocenters. The minimum atomic E-state index is 0.137. The van der Waals surface area contributed by atoms with Crippen LogP contribution in [-0.4, -0.2) is 11.1 Å². The van der Waals surface area contributed by atoms with Gasteiger partial charge >= 0.3 is 0 Å². The first-order chi connectivity index (χ1) is 10.1. The molecule has 2 rings (SSSR count). The van der Waals surface area contributed by atoms with Crippen molar-refractivity contribution in [3.05, 3.63) is 45.6 Å². The van der Waals surface area contributed by atoms with Crippen molar-refractivity contribution in [2.24, 2.45) is 5.92 Å². The van der Waals surface area contributed by atoms with E-state index in [-0.39, 0.29) is 5.56 Å². The molecule has 2 aromatic rings. The Morgan fingerprint density at radius 3 is 2.71 bits per heavy atom. The Morgan fingerprint density at radius 1 is 1.29 bits per heavy atom. The minimum absolute atomic E-state index is 0.137. The van der Waals surface area contributed by atoms with Crippen molar-refractivity contribution in [2.75, 3.05) is 6.54 Å². The highest BCUT2D eigenvalue weighted by molar-refractivity contribution is 7.13. The van der Waals surface area contributed by atoms with Gasteiger partial charge in [-0.25, -0.2) is 0 Å². The predicted molar refractivity (Wildman–Crippen MR) is 90.9 cm³/mol. The van der Waals surface area contributed by atoms with Crippen LogP contribution in [0.4, 0.5) is 0 Å². The maximum Gasteiger partial charge on any atom is 0.255 e. The van der Waals surface area contributed by atoms with Crippen molar-refractivity contribution in [3.63, 3.8) is 0 Å². The van der Waals surface area contributed by atoms with Crippen LogP contribution in [0.15, 0.2) is 34.4 Å². The Hall–Kier alpha value is -1.39. The minimum Gasteiger partial charge on any atom is -0.312 e. The molecule has 0 aliphatic rings. The third-order valence-electron chi connectivity index (χ3n) is 3.32. The van der Waals surface area contributed by atoms with Gasteiger partial charge in [-0.3, -0.25) is 4.79 Å². The molecule has 3 nitrogen and oxygen atoms in total. The lowest BCUT2D eigenvalue weighted by atomic mass is 10.1. The summed E-state index contributed by atoms with van der Waals surface area (Å²) in [5, 5.41) is 5.37. The van der Waals surface area contributed by atoms with Gasteiger partial charge in [0.15, 0.2) is 0 Å². The smallest absolute Gasteiger partial charge is 0.255 e. The molecule has 0 aliphatic heterocycles. The Bertz CT molecular complexity index is 614. The highest BCUT2D eigenvalue weighted by Gasteiger charge is 2.12. The van der Waals surface area contributed by atoms with Crippen molar-refractivity contribution in [1.82, 2.24) is 9.88 Å². The molecule has 0 atom stereocenters. The third kappa shape index (κ3) is 4.05. The lowest BCUT2D eigenvalue weighted by Gasteiger charge is -2.16. The Kier molecular flexibility index (Phi) is 5.76. The van der Waals surface area contributed by atoms with Gasteiger partial charge in [-0.15, -0.1) is 11.3 Å². The van der Waals surface area contributed by atoms with Gasteiger partial charge in [0.05, 0.1) is 10.6 Å². The summed E-state index contributed by atoms with van der Waals surface area (Å²) in [4.78, 5) is 13.9. The zero-order valence-electron chi connectivity index (χ0n) is 13.1. The van der Waals surface area contributed by atoms with Gasteiger partial charge in [0.2, 0.25) is 0 Å². The summed E-state index contributed by atoms with van der Waals surface area (Å²) in [5.74, 6) is 0.445. The average Bonchev–Trinajstić information content (AvgIpc) is 2.96. The number of hydrogen-bond donors (Lipinski definition) is 1. The first kappa shape index (κ1) is 16.0. The van der Waals surface area contributed by atoms with E-state index in [2.05, 4.69) is 43.6 Å². The molecular formula is C17H24N2OS. The highest BCUT2D eigenvalue weighted by Crippen LogP contribution is 2.24. The number of rotatable bonds is 7. The SMILES string of the molecule is CCCNCc1ccc(-c2cccs2)n(CC(C)C)c1=O. The van der Waals surface area contributed by atoms with Gasteiger partial charge in [0, 0.05) is 18.7 Å². The normalized spacial score (nSPS) is 11.2. The summed E-state index contributed by atoms with van der Waals surface area (Å²) in [6.45, 7) is 8.77. The number of nitrogens with zero attached hydrogens (tertiary/aromatic N) is 1. The molecular weight excluding hydrogens is 280 g/mol. The maximum atomic E-state index is 12.7. The fraction of sp³-hybridized carbons (Fsp3) is 0.471. The van der Waals surface area contributed by atoms with Crippen LogP contribution in [-0.2, 0) is 13.1 Å². The molecule has 0 fully saturated rings. The largest absolute Gasteiger partial charge is 0.312 e. The van der Waals surface area contributed by atoms with E-state index in [1.165, 1.54) is 0 Å². The van der Waals surface area contributed by atoms with E-state index in [0.717, 1.165) is 35.6 Å². The van der Waals surface area contributed by atoms with Crippen molar-refractivity contribution in [3.8, 4) is 10.6 Å². The van der Waals surface area contributed by atoms with E-state index in [9.17, 15) is 4.79 Å². The molecule has 0 spiro atoms. The topological polar surface area (TPSA) is 34.0 Å². The molecule has 114 valence electrons. The molecule has 0 aliphatic carbocycles. The fourth-order valence-corrected chi connectivity index (χ4v) is 3.10.